The lowest BCUT2D eigenvalue weighted by molar-refractivity contribution is -0.130. The minimum atomic E-state index is -0.487. The van der Waals surface area contributed by atoms with Gasteiger partial charge in [0.1, 0.15) is 0 Å². The molecule has 0 amide bonds. The van der Waals surface area contributed by atoms with Crippen LogP contribution >= 0.6 is 23.2 Å². The van der Waals surface area contributed by atoms with E-state index in [1.54, 1.807) is 24.3 Å². The second-order valence-corrected chi connectivity index (χ2v) is 6.20. The molecule has 1 fully saturated rings. The van der Waals surface area contributed by atoms with Crippen LogP contribution < -0.4 is 0 Å². The van der Waals surface area contributed by atoms with Gasteiger partial charge in [0.25, 0.3) is 0 Å². The number of hydrogen-bond acceptors (Lipinski definition) is 2. The van der Waals surface area contributed by atoms with Gasteiger partial charge >= 0.3 is 0 Å². The lowest BCUT2D eigenvalue weighted by Crippen LogP contribution is -2.34. The van der Waals surface area contributed by atoms with Crippen molar-refractivity contribution in [1.29, 1.82) is 0 Å². The number of carbonyl (C=O) groups is 2. The van der Waals surface area contributed by atoms with Crippen LogP contribution in [-0.4, -0.2) is 11.6 Å². The van der Waals surface area contributed by atoms with Gasteiger partial charge < -0.3 is 0 Å². The summed E-state index contributed by atoms with van der Waals surface area (Å²) in [5, 5.41) is 0.956. The van der Waals surface area contributed by atoms with Crippen LogP contribution in [0.25, 0.3) is 6.08 Å². The van der Waals surface area contributed by atoms with E-state index in [9.17, 15) is 9.59 Å². The molecule has 100 valence electrons. The molecule has 0 unspecified atom stereocenters. The Morgan fingerprint density at radius 1 is 1.21 bits per heavy atom. The molecule has 19 heavy (non-hydrogen) atoms. The Morgan fingerprint density at radius 2 is 1.89 bits per heavy atom. The van der Waals surface area contributed by atoms with Gasteiger partial charge in [0, 0.05) is 21.9 Å². The van der Waals surface area contributed by atoms with Gasteiger partial charge in [0.15, 0.2) is 11.6 Å². The third-order valence-electron chi connectivity index (χ3n) is 3.40. The summed E-state index contributed by atoms with van der Waals surface area (Å²) in [7, 11) is 0. The van der Waals surface area contributed by atoms with Crippen molar-refractivity contribution < 1.29 is 9.59 Å². The predicted molar refractivity (Wildman–Crippen MR) is 77.5 cm³/mol. The summed E-state index contributed by atoms with van der Waals surface area (Å²) in [5.74, 6) is -0.231. The van der Waals surface area contributed by atoms with Gasteiger partial charge in [-0.25, -0.2) is 0 Å². The van der Waals surface area contributed by atoms with Crippen LogP contribution in [0.3, 0.4) is 0 Å². The monoisotopic (exact) mass is 296 g/mol. The molecule has 0 saturated heterocycles. The fraction of sp³-hybridized carbons (Fsp3) is 0.333. The number of allylic oxidation sites excluding steroid dienone is 1. The smallest absolute Gasteiger partial charge is 0.172 e. The lowest BCUT2D eigenvalue weighted by atomic mass is 9.73. The number of rotatable bonds is 1. The van der Waals surface area contributed by atoms with Crippen LogP contribution in [0.4, 0.5) is 0 Å². The maximum absolute atomic E-state index is 12.3. The summed E-state index contributed by atoms with van der Waals surface area (Å²) in [5.41, 5.74) is 0.388. The van der Waals surface area contributed by atoms with E-state index in [-0.39, 0.29) is 17.1 Å². The van der Waals surface area contributed by atoms with Gasteiger partial charge in [-0.05, 0) is 30.2 Å². The molecule has 0 aromatic heterocycles. The Bertz CT molecular complexity index is 586. The summed E-state index contributed by atoms with van der Waals surface area (Å²) >= 11 is 11.9. The fourth-order valence-electron chi connectivity index (χ4n) is 2.09. The minimum Gasteiger partial charge on any atom is -0.294 e. The summed E-state index contributed by atoms with van der Waals surface area (Å²) < 4.78 is 0. The van der Waals surface area contributed by atoms with Crippen LogP contribution in [-0.2, 0) is 9.59 Å². The predicted octanol–water partition coefficient (Wildman–Crippen LogP) is 4.34. The number of benzene rings is 1. The SMILES string of the molecule is CC1(C)CCC(=O)/C(=C/c2ccc(Cl)cc2Cl)C1=O. The Hall–Kier alpha value is -1.12. The van der Waals surface area contributed by atoms with Crippen molar-refractivity contribution in [3.8, 4) is 0 Å². The second-order valence-electron chi connectivity index (χ2n) is 5.36. The topological polar surface area (TPSA) is 34.1 Å². The van der Waals surface area contributed by atoms with E-state index < -0.39 is 5.41 Å². The van der Waals surface area contributed by atoms with E-state index in [4.69, 9.17) is 23.2 Å². The molecule has 0 bridgehead atoms. The number of Topliss-reactive ketones (excluding diaryl/α,β-unsaturated/α-hetero) is 2. The van der Waals surface area contributed by atoms with E-state index in [1.165, 1.54) is 0 Å². The van der Waals surface area contributed by atoms with Crippen LogP contribution in [0.1, 0.15) is 32.3 Å². The van der Waals surface area contributed by atoms with Gasteiger partial charge in [-0.1, -0.05) is 43.1 Å². The Labute approximate surface area is 122 Å². The number of ketones is 2. The van der Waals surface area contributed by atoms with E-state index in [0.717, 1.165) is 0 Å². The molecule has 2 nitrogen and oxygen atoms in total. The molecule has 2 rings (SSSR count). The normalized spacial score (nSPS) is 20.9. The minimum absolute atomic E-state index is 0.115. The third kappa shape index (κ3) is 2.90. The first-order valence-corrected chi connectivity index (χ1v) is 6.81. The van der Waals surface area contributed by atoms with Crippen LogP contribution in [0, 0.1) is 5.41 Å². The van der Waals surface area contributed by atoms with Gasteiger partial charge in [0.05, 0.1) is 5.57 Å². The summed E-state index contributed by atoms with van der Waals surface area (Å²) in [6, 6.07) is 4.99. The maximum atomic E-state index is 12.3. The van der Waals surface area contributed by atoms with E-state index in [1.807, 2.05) is 13.8 Å². The van der Waals surface area contributed by atoms with Gasteiger partial charge in [-0.15, -0.1) is 0 Å². The molecule has 1 saturated carbocycles. The molecule has 1 aliphatic carbocycles. The molecule has 4 heteroatoms. The quantitative estimate of drug-likeness (QED) is 0.571. The highest BCUT2D eigenvalue weighted by molar-refractivity contribution is 6.36. The molecule has 0 atom stereocenters. The van der Waals surface area contributed by atoms with Gasteiger partial charge in [-0.3, -0.25) is 9.59 Å². The molecule has 1 aromatic rings. The molecule has 0 N–H and O–H groups in total. The zero-order valence-electron chi connectivity index (χ0n) is 10.8. The zero-order chi connectivity index (χ0) is 14.2. The average molecular weight is 297 g/mol. The van der Waals surface area contributed by atoms with Crippen LogP contribution in [0.2, 0.25) is 10.0 Å². The summed E-state index contributed by atoms with van der Waals surface area (Å²) in [6.07, 6.45) is 2.57. The molecule has 0 heterocycles. The first kappa shape index (κ1) is 14.3. The van der Waals surface area contributed by atoms with Crippen molar-refractivity contribution in [2.24, 2.45) is 5.41 Å². The Kier molecular flexibility index (Phi) is 3.84. The highest BCUT2D eigenvalue weighted by Gasteiger charge is 2.37. The molecular formula is C15H14Cl2O2. The van der Waals surface area contributed by atoms with Crippen molar-refractivity contribution in [2.75, 3.05) is 0 Å². The van der Waals surface area contributed by atoms with Crippen molar-refractivity contribution >= 4 is 40.8 Å². The molecular weight excluding hydrogens is 283 g/mol. The van der Waals surface area contributed by atoms with Crippen molar-refractivity contribution in [2.45, 2.75) is 26.7 Å². The molecule has 0 aliphatic heterocycles. The van der Waals surface area contributed by atoms with E-state index in [2.05, 4.69) is 0 Å². The lowest BCUT2D eigenvalue weighted by Gasteiger charge is -2.28. The highest BCUT2D eigenvalue weighted by Crippen LogP contribution is 2.35. The van der Waals surface area contributed by atoms with Crippen molar-refractivity contribution in [1.82, 2.24) is 0 Å². The molecule has 0 spiro atoms. The Balaban J connectivity index is 2.46. The third-order valence-corrected chi connectivity index (χ3v) is 3.96. The van der Waals surface area contributed by atoms with E-state index >= 15 is 0 Å². The number of hydrogen-bond donors (Lipinski definition) is 0. The summed E-state index contributed by atoms with van der Waals surface area (Å²) in [6.45, 7) is 3.72. The zero-order valence-corrected chi connectivity index (χ0v) is 12.3. The maximum Gasteiger partial charge on any atom is 0.172 e. The van der Waals surface area contributed by atoms with Crippen molar-refractivity contribution in [3.05, 3.63) is 39.4 Å². The van der Waals surface area contributed by atoms with Crippen LogP contribution in [0.5, 0.6) is 0 Å². The Morgan fingerprint density at radius 3 is 2.53 bits per heavy atom. The summed E-state index contributed by atoms with van der Waals surface area (Å²) in [4.78, 5) is 24.2. The standard InChI is InChI=1S/C15H14Cl2O2/c1-15(2)6-5-13(18)11(14(15)19)7-9-3-4-10(16)8-12(9)17/h3-4,7-8H,5-6H2,1-2H3/b11-7-. The number of carbonyl (C=O) groups excluding carboxylic acids is 2. The largest absolute Gasteiger partial charge is 0.294 e. The van der Waals surface area contributed by atoms with Crippen molar-refractivity contribution in [3.63, 3.8) is 0 Å². The van der Waals surface area contributed by atoms with E-state index in [0.29, 0.717) is 28.5 Å². The number of halogens is 2. The molecule has 1 aliphatic rings. The first-order valence-electron chi connectivity index (χ1n) is 6.06. The van der Waals surface area contributed by atoms with Gasteiger partial charge in [-0.2, -0.15) is 0 Å². The van der Waals surface area contributed by atoms with Gasteiger partial charge in [0.2, 0.25) is 0 Å². The highest BCUT2D eigenvalue weighted by atomic mass is 35.5. The molecule has 0 radical (unpaired) electrons. The fourth-order valence-corrected chi connectivity index (χ4v) is 2.55. The molecule has 1 aromatic carbocycles. The average Bonchev–Trinajstić information content (AvgIpc) is 2.33. The first-order chi connectivity index (χ1) is 8.81. The van der Waals surface area contributed by atoms with Crippen LogP contribution in [0.15, 0.2) is 23.8 Å². The second kappa shape index (κ2) is 5.10.